The zero-order chi connectivity index (χ0) is 13.1. The quantitative estimate of drug-likeness (QED) is 0.666. The molecule has 94 valence electrons. The highest BCUT2D eigenvalue weighted by molar-refractivity contribution is 5.67. The number of nitrogen functional groups attached to an aromatic ring is 1. The second-order valence-electron chi connectivity index (χ2n) is 3.91. The third kappa shape index (κ3) is 2.29. The van der Waals surface area contributed by atoms with Crippen LogP contribution in [0.1, 0.15) is 12.5 Å². The minimum Gasteiger partial charge on any atom is -0.508 e. The van der Waals surface area contributed by atoms with Crippen molar-refractivity contribution in [1.82, 2.24) is 4.98 Å². The number of nitrogens with two attached hydrogens (primary N) is 1. The van der Waals surface area contributed by atoms with E-state index in [9.17, 15) is 10.2 Å². The number of anilines is 3. The Bertz CT molecular complexity index is 570. The van der Waals surface area contributed by atoms with E-state index in [0.29, 0.717) is 12.1 Å². The minimum absolute atomic E-state index is 0.0711. The van der Waals surface area contributed by atoms with Crippen LogP contribution in [-0.4, -0.2) is 15.2 Å². The predicted octanol–water partition coefficient (Wildman–Crippen LogP) is 2.38. The largest absolute Gasteiger partial charge is 0.508 e. The van der Waals surface area contributed by atoms with Gasteiger partial charge in [-0.25, -0.2) is 4.98 Å². The number of benzene rings is 1. The smallest absolute Gasteiger partial charge is 0.166 e. The topological polar surface area (TPSA) is 91.4 Å². The Balaban J connectivity index is 2.34. The van der Waals surface area contributed by atoms with E-state index in [-0.39, 0.29) is 17.3 Å². The molecule has 0 atom stereocenters. The molecule has 0 aliphatic rings. The van der Waals surface area contributed by atoms with Gasteiger partial charge in [0.05, 0.1) is 11.9 Å². The van der Waals surface area contributed by atoms with Gasteiger partial charge in [0.2, 0.25) is 0 Å². The highest BCUT2D eigenvalue weighted by Crippen LogP contribution is 2.30. The number of nitrogens with zero attached hydrogens (tertiary/aromatic N) is 1. The van der Waals surface area contributed by atoms with Crippen LogP contribution in [0.3, 0.4) is 0 Å². The molecule has 0 bridgehead atoms. The summed E-state index contributed by atoms with van der Waals surface area (Å²) in [5.41, 5.74) is 7.64. The number of hydrogen-bond acceptors (Lipinski definition) is 5. The van der Waals surface area contributed by atoms with E-state index in [1.165, 1.54) is 12.3 Å². The van der Waals surface area contributed by atoms with E-state index in [1.54, 1.807) is 12.1 Å². The molecule has 0 amide bonds. The van der Waals surface area contributed by atoms with E-state index in [4.69, 9.17) is 5.73 Å². The zero-order valence-corrected chi connectivity index (χ0v) is 10.0. The molecule has 0 saturated heterocycles. The summed E-state index contributed by atoms with van der Waals surface area (Å²) in [5, 5.41) is 22.3. The third-order valence-electron chi connectivity index (χ3n) is 2.68. The number of aromatic hydroxyl groups is 2. The van der Waals surface area contributed by atoms with Crippen molar-refractivity contribution in [3.05, 3.63) is 36.0 Å². The van der Waals surface area contributed by atoms with Gasteiger partial charge in [-0.2, -0.15) is 0 Å². The number of nitrogens with one attached hydrogen (secondary N) is 1. The molecule has 1 aromatic heterocycles. The van der Waals surface area contributed by atoms with Gasteiger partial charge in [-0.15, -0.1) is 0 Å². The van der Waals surface area contributed by atoms with Crippen LogP contribution in [0.5, 0.6) is 11.5 Å². The van der Waals surface area contributed by atoms with Crippen LogP contribution in [0.4, 0.5) is 17.2 Å². The maximum absolute atomic E-state index is 9.74. The van der Waals surface area contributed by atoms with Crippen molar-refractivity contribution in [3.8, 4) is 11.5 Å². The van der Waals surface area contributed by atoms with Gasteiger partial charge < -0.3 is 21.3 Å². The fraction of sp³-hybridized carbons (Fsp3) is 0.154. The van der Waals surface area contributed by atoms with Crippen LogP contribution >= 0.6 is 0 Å². The van der Waals surface area contributed by atoms with E-state index >= 15 is 0 Å². The molecule has 0 saturated carbocycles. The molecule has 0 aliphatic heterocycles. The van der Waals surface area contributed by atoms with Gasteiger partial charge in [0.15, 0.2) is 11.6 Å². The molecule has 1 heterocycles. The Morgan fingerprint density at radius 2 is 2.06 bits per heavy atom. The first-order valence-electron chi connectivity index (χ1n) is 5.64. The molecule has 2 rings (SSSR count). The van der Waals surface area contributed by atoms with Crippen molar-refractivity contribution >= 4 is 17.2 Å². The lowest BCUT2D eigenvalue weighted by molar-refractivity contribution is 0.469. The summed E-state index contributed by atoms with van der Waals surface area (Å²) in [6, 6.07) is 6.74. The van der Waals surface area contributed by atoms with Crippen LogP contribution in [0, 0.1) is 0 Å². The molecule has 5 N–H and O–H groups in total. The molecular weight excluding hydrogens is 230 g/mol. The fourth-order valence-corrected chi connectivity index (χ4v) is 1.75. The molecule has 0 fully saturated rings. The van der Waals surface area contributed by atoms with Gasteiger partial charge in [0.1, 0.15) is 5.75 Å². The van der Waals surface area contributed by atoms with E-state index < -0.39 is 0 Å². The lowest BCUT2D eigenvalue weighted by Crippen LogP contribution is -1.97. The van der Waals surface area contributed by atoms with Crippen LogP contribution in [0.15, 0.2) is 30.5 Å². The Kier molecular flexibility index (Phi) is 3.23. The van der Waals surface area contributed by atoms with Crippen LogP contribution in [0.2, 0.25) is 0 Å². The number of hydrogen-bond donors (Lipinski definition) is 4. The highest BCUT2D eigenvalue weighted by atomic mass is 16.3. The van der Waals surface area contributed by atoms with Crippen molar-refractivity contribution in [2.75, 3.05) is 11.1 Å². The standard InChI is InChI=1S/C13H15N3O2/c1-2-9-10(4-3-5-11(9)17)16-8-6-12(18)13(14)15-7-8/h3-7,16-18H,2H2,1H3,(H2,14,15). The van der Waals surface area contributed by atoms with Gasteiger partial charge in [0, 0.05) is 17.3 Å². The summed E-state index contributed by atoms with van der Waals surface area (Å²) in [4.78, 5) is 3.86. The summed E-state index contributed by atoms with van der Waals surface area (Å²) < 4.78 is 0. The van der Waals surface area contributed by atoms with E-state index in [1.807, 2.05) is 13.0 Å². The Morgan fingerprint density at radius 3 is 2.72 bits per heavy atom. The average Bonchev–Trinajstić information content (AvgIpc) is 2.34. The van der Waals surface area contributed by atoms with Crippen LogP contribution in [-0.2, 0) is 6.42 Å². The Morgan fingerprint density at radius 1 is 1.28 bits per heavy atom. The van der Waals surface area contributed by atoms with Crippen molar-refractivity contribution in [2.45, 2.75) is 13.3 Å². The summed E-state index contributed by atoms with van der Waals surface area (Å²) in [6.07, 6.45) is 2.22. The van der Waals surface area contributed by atoms with Gasteiger partial charge in [-0.1, -0.05) is 13.0 Å². The number of phenols is 1. The molecule has 0 spiro atoms. The highest BCUT2D eigenvalue weighted by Gasteiger charge is 2.07. The summed E-state index contributed by atoms with van der Waals surface area (Å²) >= 11 is 0. The minimum atomic E-state index is -0.0711. The van der Waals surface area contributed by atoms with Gasteiger partial charge in [-0.05, 0) is 18.6 Å². The molecule has 0 aliphatic carbocycles. The maximum Gasteiger partial charge on any atom is 0.166 e. The fourth-order valence-electron chi connectivity index (χ4n) is 1.75. The lowest BCUT2D eigenvalue weighted by Gasteiger charge is -2.12. The van der Waals surface area contributed by atoms with Crippen LogP contribution < -0.4 is 11.1 Å². The second-order valence-corrected chi connectivity index (χ2v) is 3.91. The molecule has 5 heteroatoms. The summed E-state index contributed by atoms with van der Waals surface area (Å²) in [5.74, 6) is 0.264. The Hall–Kier alpha value is -2.43. The monoisotopic (exact) mass is 245 g/mol. The van der Waals surface area contributed by atoms with Crippen molar-refractivity contribution in [3.63, 3.8) is 0 Å². The normalized spacial score (nSPS) is 10.3. The Labute approximate surface area is 105 Å². The van der Waals surface area contributed by atoms with Gasteiger partial charge in [0.25, 0.3) is 0 Å². The summed E-state index contributed by atoms with van der Waals surface area (Å²) in [6.45, 7) is 1.96. The molecular formula is C13H15N3O2. The SMILES string of the molecule is CCc1c(O)cccc1Nc1cnc(N)c(O)c1. The molecule has 5 nitrogen and oxygen atoms in total. The zero-order valence-electron chi connectivity index (χ0n) is 10.0. The van der Waals surface area contributed by atoms with Crippen LogP contribution in [0.25, 0.3) is 0 Å². The predicted molar refractivity (Wildman–Crippen MR) is 71.1 cm³/mol. The number of pyridine rings is 1. The molecule has 2 aromatic rings. The van der Waals surface area contributed by atoms with Crippen molar-refractivity contribution in [2.24, 2.45) is 0 Å². The number of rotatable bonds is 3. The van der Waals surface area contributed by atoms with Gasteiger partial charge >= 0.3 is 0 Å². The van der Waals surface area contributed by atoms with E-state index in [0.717, 1.165) is 11.3 Å². The van der Waals surface area contributed by atoms with E-state index in [2.05, 4.69) is 10.3 Å². The molecule has 0 radical (unpaired) electrons. The first-order valence-corrected chi connectivity index (χ1v) is 5.64. The van der Waals surface area contributed by atoms with Gasteiger partial charge in [-0.3, -0.25) is 0 Å². The first kappa shape index (κ1) is 12.0. The van der Waals surface area contributed by atoms with Crippen molar-refractivity contribution < 1.29 is 10.2 Å². The molecule has 18 heavy (non-hydrogen) atoms. The first-order chi connectivity index (χ1) is 8.61. The maximum atomic E-state index is 9.74. The molecule has 1 aromatic carbocycles. The number of aromatic nitrogens is 1. The second kappa shape index (κ2) is 4.83. The lowest BCUT2D eigenvalue weighted by atomic mass is 10.1. The van der Waals surface area contributed by atoms with Crippen molar-refractivity contribution in [1.29, 1.82) is 0 Å². The average molecular weight is 245 g/mol. The number of phenolic OH excluding ortho intramolecular Hbond substituents is 1. The molecule has 0 unspecified atom stereocenters. The third-order valence-corrected chi connectivity index (χ3v) is 2.68. The summed E-state index contributed by atoms with van der Waals surface area (Å²) in [7, 11) is 0.